The highest BCUT2D eigenvalue weighted by molar-refractivity contribution is 5.94. The summed E-state index contributed by atoms with van der Waals surface area (Å²) < 4.78 is 20.4. The van der Waals surface area contributed by atoms with Gasteiger partial charge in [0.1, 0.15) is 12.4 Å². The molecule has 0 bridgehead atoms. The van der Waals surface area contributed by atoms with Crippen LogP contribution in [0, 0.1) is 5.82 Å². The predicted molar refractivity (Wildman–Crippen MR) is 115 cm³/mol. The molecule has 7 heteroatoms. The van der Waals surface area contributed by atoms with Gasteiger partial charge in [-0.2, -0.15) is 4.98 Å². The fraction of sp³-hybridized carbons (Fsp3) is 0.391. The van der Waals surface area contributed by atoms with Crippen LogP contribution in [0.2, 0.25) is 0 Å². The zero-order valence-electron chi connectivity index (χ0n) is 17.0. The Morgan fingerprint density at radius 3 is 2.87 bits per heavy atom. The number of H-pyrrole nitrogens is 1. The Morgan fingerprint density at radius 2 is 2.07 bits per heavy atom. The lowest BCUT2D eigenvalue weighted by atomic mass is 10.0. The van der Waals surface area contributed by atoms with Crippen LogP contribution in [-0.2, 0) is 13.0 Å². The smallest absolute Gasteiger partial charge is 0.296 e. The normalized spacial score (nSPS) is 19.3. The highest BCUT2D eigenvalue weighted by atomic mass is 19.1. The van der Waals surface area contributed by atoms with Crippen molar-refractivity contribution in [2.24, 2.45) is 0 Å². The van der Waals surface area contributed by atoms with Crippen molar-refractivity contribution in [2.45, 2.75) is 31.8 Å². The molecule has 0 radical (unpaired) electrons. The SMILES string of the molecule is CN1CCC[C@H]1COc1nc2c(c(=O)[nH]1)CCN(c1cccc3cccc(F)c13)C2. The number of ether oxygens (including phenoxy) is 1. The quantitative estimate of drug-likeness (QED) is 0.719. The largest absolute Gasteiger partial charge is 0.463 e. The molecule has 1 N–H and O–H groups in total. The van der Waals surface area contributed by atoms with E-state index in [0.29, 0.717) is 48.8 Å². The van der Waals surface area contributed by atoms with Gasteiger partial charge in [0, 0.05) is 29.2 Å². The lowest BCUT2D eigenvalue weighted by Crippen LogP contribution is -2.36. The van der Waals surface area contributed by atoms with E-state index in [1.54, 1.807) is 6.07 Å². The van der Waals surface area contributed by atoms with Gasteiger partial charge in [-0.25, -0.2) is 4.39 Å². The molecule has 0 saturated carbocycles. The molecule has 0 spiro atoms. The van der Waals surface area contributed by atoms with E-state index in [1.165, 1.54) is 6.07 Å². The van der Waals surface area contributed by atoms with Crippen LogP contribution >= 0.6 is 0 Å². The topological polar surface area (TPSA) is 61.5 Å². The van der Waals surface area contributed by atoms with E-state index < -0.39 is 0 Å². The Morgan fingerprint density at radius 1 is 1.23 bits per heavy atom. The third-order valence-electron chi connectivity index (χ3n) is 6.31. The van der Waals surface area contributed by atoms with Gasteiger partial charge < -0.3 is 14.5 Å². The fourth-order valence-corrected chi connectivity index (χ4v) is 4.60. The number of nitrogens with zero attached hydrogens (tertiary/aromatic N) is 3. The number of likely N-dealkylation sites (tertiary alicyclic amines) is 1. The minimum atomic E-state index is -0.238. The Hall–Kier alpha value is -2.93. The van der Waals surface area contributed by atoms with Gasteiger partial charge in [-0.1, -0.05) is 24.3 Å². The maximum absolute atomic E-state index is 14.6. The molecule has 3 heterocycles. The lowest BCUT2D eigenvalue weighted by molar-refractivity contribution is 0.187. The van der Waals surface area contributed by atoms with Gasteiger partial charge in [-0.05, 0) is 50.4 Å². The zero-order valence-corrected chi connectivity index (χ0v) is 17.0. The van der Waals surface area contributed by atoms with Gasteiger partial charge in [0.25, 0.3) is 11.6 Å². The molecule has 0 aliphatic carbocycles. The minimum Gasteiger partial charge on any atom is -0.463 e. The van der Waals surface area contributed by atoms with Crippen LogP contribution in [0.3, 0.4) is 0 Å². The van der Waals surface area contributed by atoms with Crippen molar-refractivity contribution in [3.8, 4) is 6.01 Å². The molecule has 156 valence electrons. The summed E-state index contributed by atoms with van der Waals surface area (Å²) in [7, 11) is 2.09. The second kappa shape index (κ2) is 7.72. The minimum absolute atomic E-state index is 0.140. The third-order valence-corrected chi connectivity index (χ3v) is 6.31. The summed E-state index contributed by atoms with van der Waals surface area (Å²) in [5.41, 5.74) is 2.08. The molecule has 2 aliphatic heterocycles. The highest BCUT2D eigenvalue weighted by Crippen LogP contribution is 2.32. The molecule has 30 heavy (non-hydrogen) atoms. The van der Waals surface area contributed by atoms with Crippen molar-refractivity contribution in [1.82, 2.24) is 14.9 Å². The molecule has 2 aromatic carbocycles. The Bertz CT molecular complexity index is 1140. The van der Waals surface area contributed by atoms with Crippen LogP contribution in [0.4, 0.5) is 10.1 Å². The van der Waals surface area contributed by atoms with Crippen molar-refractivity contribution >= 4 is 16.5 Å². The maximum Gasteiger partial charge on any atom is 0.296 e. The van der Waals surface area contributed by atoms with E-state index in [1.807, 2.05) is 24.3 Å². The van der Waals surface area contributed by atoms with Gasteiger partial charge in [-0.15, -0.1) is 0 Å². The van der Waals surface area contributed by atoms with E-state index in [4.69, 9.17) is 4.74 Å². The number of aromatic nitrogens is 2. The van der Waals surface area contributed by atoms with E-state index in [0.717, 1.165) is 30.5 Å². The highest BCUT2D eigenvalue weighted by Gasteiger charge is 2.25. The van der Waals surface area contributed by atoms with Crippen LogP contribution in [-0.4, -0.2) is 47.7 Å². The number of aromatic amines is 1. The molecule has 1 aromatic heterocycles. The van der Waals surface area contributed by atoms with Crippen molar-refractivity contribution < 1.29 is 9.13 Å². The number of rotatable bonds is 4. The molecule has 3 aromatic rings. The van der Waals surface area contributed by atoms with E-state index in [-0.39, 0.29) is 17.4 Å². The summed E-state index contributed by atoms with van der Waals surface area (Å²) in [6.07, 6.45) is 2.81. The molecule has 1 atom stereocenters. The van der Waals surface area contributed by atoms with Gasteiger partial charge in [0.15, 0.2) is 0 Å². The third kappa shape index (κ3) is 3.43. The number of nitrogens with one attached hydrogen (secondary N) is 1. The molecule has 2 aliphatic rings. The van der Waals surface area contributed by atoms with Crippen molar-refractivity contribution in [2.75, 3.05) is 31.6 Å². The second-order valence-corrected chi connectivity index (χ2v) is 8.17. The van der Waals surface area contributed by atoms with Crippen LogP contribution < -0.4 is 15.2 Å². The van der Waals surface area contributed by atoms with Crippen molar-refractivity contribution in [1.29, 1.82) is 0 Å². The summed E-state index contributed by atoms with van der Waals surface area (Å²) in [5.74, 6) is -0.238. The first kappa shape index (κ1) is 19.1. The number of fused-ring (bicyclic) bond motifs is 2. The van der Waals surface area contributed by atoms with Crippen LogP contribution in [0.25, 0.3) is 10.8 Å². The number of hydrogen-bond acceptors (Lipinski definition) is 5. The van der Waals surface area contributed by atoms with Crippen molar-refractivity contribution in [3.05, 3.63) is 63.8 Å². The van der Waals surface area contributed by atoms with Crippen LogP contribution in [0.1, 0.15) is 24.1 Å². The van der Waals surface area contributed by atoms with Crippen LogP contribution in [0.15, 0.2) is 41.2 Å². The van der Waals surface area contributed by atoms with E-state index in [2.05, 4.69) is 26.8 Å². The second-order valence-electron chi connectivity index (χ2n) is 8.17. The number of anilines is 1. The van der Waals surface area contributed by atoms with Gasteiger partial charge >= 0.3 is 0 Å². The van der Waals surface area contributed by atoms with Crippen LogP contribution in [0.5, 0.6) is 6.01 Å². The van der Waals surface area contributed by atoms with Gasteiger partial charge in [-0.3, -0.25) is 9.78 Å². The Labute approximate surface area is 174 Å². The maximum atomic E-state index is 14.6. The van der Waals surface area contributed by atoms with Gasteiger partial charge in [0.2, 0.25) is 0 Å². The molecular weight excluding hydrogens is 383 g/mol. The lowest BCUT2D eigenvalue weighted by Gasteiger charge is -2.30. The van der Waals surface area contributed by atoms with E-state index in [9.17, 15) is 9.18 Å². The number of halogens is 1. The Balaban J connectivity index is 1.42. The molecule has 0 amide bonds. The average molecular weight is 408 g/mol. The summed E-state index contributed by atoms with van der Waals surface area (Å²) >= 11 is 0. The standard InChI is InChI=1S/C23H25FN4O2/c1-27-11-4-7-16(27)14-30-23-25-19-13-28(12-10-17(19)22(29)26-23)20-9-3-6-15-5-2-8-18(24)21(15)20/h2-3,5-6,8-9,16H,4,7,10-14H2,1H3,(H,25,26,29)/t16-/m0/s1. The van der Waals surface area contributed by atoms with Gasteiger partial charge in [0.05, 0.1) is 12.2 Å². The average Bonchev–Trinajstić information content (AvgIpc) is 3.16. The molecule has 1 fully saturated rings. The zero-order chi connectivity index (χ0) is 20.7. The molecule has 0 unspecified atom stereocenters. The summed E-state index contributed by atoms with van der Waals surface area (Å²) in [5, 5.41) is 1.47. The Kier molecular flexibility index (Phi) is 4.90. The first-order valence-electron chi connectivity index (χ1n) is 10.5. The number of likely N-dealkylation sites (N-methyl/N-ethyl adjacent to an activating group) is 1. The monoisotopic (exact) mass is 408 g/mol. The molecular formula is C23H25FN4O2. The first-order chi connectivity index (χ1) is 14.6. The summed E-state index contributed by atoms with van der Waals surface area (Å²) in [6.45, 7) is 2.67. The predicted octanol–water partition coefficient (Wildman–Crippen LogP) is 3.10. The molecule has 6 nitrogen and oxygen atoms in total. The van der Waals surface area contributed by atoms with E-state index >= 15 is 0 Å². The number of benzene rings is 2. The fourth-order valence-electron chi connectivity index (χ4n) is 4.60. The number of hydrogen-bond donors (Lipinski definition) is 1. The first-order valence-corrected chi connectivity index (χ1v) is 10.5. The summed E-state index contributed by atoms with van der Waals surface area (Å²) in [6, 6.07) is 11.5. The molecule has 1 saturated heterocycles. The van der Waals surface area contributed by atoms with Crippen molar-refractivity contribution in [3.63, 3.8) is 0 Å². The molecule has 5 rings (SSSR count). The summed E-state index contributed by atoms with van der Waals surface area (Å²) in [4.78, 5) is 24.3.